The smallest absolute Gasteiger partial charge is 0.253 e. The quantitative estimate of drug-likeness (QED) is 0.840. The summed E-state index contributed by atoms with van der Waals surface area (Å²) in [6.45, 7) is 2.52. The van der Waals surface area contributed by atoms with Gasteiger partial charge < -0.3 is 0 Å². The number of Topliss-reactive ketones (excluding diaryl/α,β-unsaturated/α-hetero) is 1. The van der Waals surface area contributed by atoms with Crippen molar-refractivity contribution >= 4 is 43.1 Å². The minimum atomic E-state index is -3.46. The third-order valence-corrected chi connectivity index (χ3v) is 7.65. The average molecular weight is 352 g/mol. The zero-order chi connectivity index (χ0) is 13.3. The van der Waals surface area contributed by atoms with Crippen molar-refractivity contribution in [3.63, 3.8) is 0 Å². The Balaban J connectivity index is 2.27. The fourth-order valence-corrected chi connectivity index (χ4v) is 5.97. The maximum atomic E-state index is 12.4. The highest BCUT2D eigenvalue weighted by atomic mass is 79.9. The molecule has 1 saturated heterocycles. The van der Waals surface area contributed by atoms with Crippen molar-refractivity contribution in [2.45, 2.75) is 24.0 Å². The molecule has 4 nitrogen and oxygen atoms in total. The van der Waals surface area contributed by atoms with E-state index in [-0.39, 0.29) is 11.7 Å². The summed E-state index contributed by atoms with van der Waals surface area (Å²) in [5.41, 5.74) is 0. The Bertz CT molecular complexity index is 552. The molecule has 1 aromatic rings. The van der Waals surface area contributed by atoms with Crippen LogP contribution in [0.25, 0.3) is 0 Å². The molecular formula is C11H14BrNO3S2. The summed E-state index contributed by atoms with van der Waals surface area (Å²) in [4.78, 5) is 11.6. The molecule has 1 atom stereocenters. The van der Waals surface area contributed by atoms with Gasteiger partial charge in [-0.1, -0.05) is 6.92 Å². The monoisotopic (exact) mass is 351 g/mol. The largest absolute Gasteiger partial charge is 0.299 e. The van der Waals surface area contributed by atoms with E-state index in [0.717, 1.165) is 0 Å². The van der Waals surface area contributed by atoms with Crippen LogP contribution in [0.4, 0.5) is 0 Å². The van der Waals surface area contributed by atoms with Gasteiger partial charge in [-0.2, -0.15) is 4.31 Å². The lowest BCUT2D eigenvalue weighted by Gasteiger charge is -2.30. The Hall–Kier alpha value is -0.240. The maximum Gasteiger partial charge on any atom is 0.253 e. The van der Waals surface area contributed by atoms with E-state index in [1.54, 1.807) is 11.4 Å². The van der Waals surface area contributed by atoms with Gasteiger partial charge >= 0.3 is 0 Å². The van der Waals surface area contributed by atoms with Gasteiger partial charge in [-0.15, -0.1) is 11.3 Å². The summed E-state index contributed by atoms with van der Waals surface area (Å²) < 4.78 is 27.2. The molecule has 0 spiro atoms. The van der Waals surface area contributed by atoms with E-state index in [9.17, 15) is 13.2 Å². The Kier molecular flexibility index (Phi) is 4.25. The standard InChI is InChI=1S/C11H14BrNO3S2/c1-2-8-7-13(5-3-10(8)14)18(15,16)11-9(12)4-6-17-11/h4,6,8H,2-3,5,7H2,1H3. The normalized spacial score (nSPS) is 22.3. The number of thiophene rings is 1. The number of carbonyl (C=O) groups is 1. The lowest BCUT2D eigenvalue weighted by Crippen LogP contribution is -2.43. The number of hydrogen-bond acceptors (Lipinski definition) is 4. The van der Waals surface area contributed by atoms with Gasteiger partial charge in [0.2, 0.25) is 0 Å². The van der Waals surface area contributed by atoms with Crippen LogP contribution in [0.15, 0.2) is 20.1 Å². The van der Waals surface area contributed by atoms with E-state index < -0.39 is 10.0 Å². The molecule has 1 unspecified atom stereocenters. The van der Waals surface area contributed by atoms with Crippen LogP contribution in [-0.4, -0.2) is 31.6 Å². The molecule has 1 aliphatic rings. The maximum absolute atomic E-state index is 12.4. The molecule has 18 heavy (non-hydrogen) atoms. The summed E-state index contributed by atoms with van der Waals surface area (Å²) in [5.74, 6) is 0.0152. The summed E-state index contributed by atoms with van der Waals surface area (Å²) in [5, 5.41) is 1.74. The van der Waals surface area contributed by atoms with Crippen molar-refractivity contribution in [1.29, 1.82) is 0 Å². The number of sulfonamides is 1. The second-order valence-electron chi connectivity index (χ2n) is 4.24. The molecule has 0 amide bonds. The number of rotatable bonds is 3. The highest BCUT2D eigenvalue weighted by Crippen LogP contribution is 2.32. The zero-order valence-electron chi connectivity index (χ0n) is 9.93. The Morgan fingerprint density at radius 3 is 2.83 bits per heavy atom. The van der Waals surface area contributed by atoms with E-state index in [1.165, 1.54) is 15.6 Å². The van der Waals surface area contributed by atoms with Crippen LogP contribution in [0.3, 0.4) is 0 Å². The van der Waals surface area contributed by atoms with E-state index in [1.807, 2.05) is 6.92 Å². The van der Waals surface area contributed by atoms with Crippen molar-refractivity contribution in [3.05, 3.63) is 15.9 Å². The highest BCUT2D eigenvalue weighted by Gasteiger charge is 2.35. The molecule has 2 rings (SSSR count). The molecule has 0 aromatic carbocycles. The van der Waals surface area contributed by atoms with Gasteiger partial charge in [0.15, 0.2) is 0 Å². The average Bonchev–Trinajstić information content (AvgIpc) is 2.76. The molecule has 0 bridgehead atoms. The van der Waals surface area contributed by atoms with Crippen molar-refractivity contribution in [2.75, 3.05) is 13.1 Å². The van der Waals surface area contributed by atoms with Crippen LogP contribution in [-0.2, 0) is 14.8 Å². The van der Waals surface area contributed by atoms with Gasteiger partial charge in [0.1, 0.15) is 9.99 Å². The number of piperidine rings is 1. The van der Waals surface area contributed by atoms with Gasteiger partial charge in [-0.25, -0.2) is 8.42 Å². The molecule has 7 heteroatoms. The predicted octanol–water partition coefficient (Wildman–Crippen LogP) is 2.50. The van der Waals surface area contributed by atoms with Crippen molar-refractivity contribution < 1.29 is 13.2 Å². The van der Waals surface area contributed by atoms with Gasteiger partial charge in [-0.3, -0.25) is 4.79 Å². The second kappa shape index (κ2) is 5.40. The molecule has 100 valence electrons. The van der Waals surface area contributed by atoms with Crippen molar-refractivity contribution in [1.82, 2.24) is 4.31 Å². The van der Waals surface area contributed by atoms with E-state index in [4.69, 9.17) is 0 Å². The fraction of sp³-hybridized carbons (Fsp3) is 0.545. The third-order valence-electron chi connectivity index (χ3n) is 3.14. The van der Waals surface area contributed by atoms with Crippen molar-refractivity contribution in [3.8, 4) is 0 Å². The topological polar surface area (TPSA) is 54.5 Å². The number of hydrogen-bond donors (Lipinski definition) is 0. The van der Waals surface area contributed by atoms with E-state index in [0.29, 0.717) is 34.6 Å². The van der Waals surface area contributed by atoms with Crippen LogP contribution < -0.4 is 0 Å². The Labute approximate surface area is 119 Å². The summed E-state index contributed by atoms with van der Waals surface area (Å²) in [6, 6.07) is 1.73. The lowest BCUT2D eigenvalue weighted by molar-refractivity contribution is -0.125. The van der Waals surface area contributed by atoms with E-state index in [2.05, 4.69) is 15.9 Å². The first-order chi connectivity index (χ1) is 8.46. The van der Waals surface area contributed by atoms with Crippen LogP contribution in [0.1, 0.15) is 19.8 Å². The predicted molar refractivity (Wildman–Crippen MR) is 74.2 cm³/mol. The van der Waals surface area contributed by atoms with Crippen LogP contribution >= 0.6 is 27.3 Å². The SMILES string of the molecule is CCC1CN(S(=O)(=O)c2sccc2Br)CCC1=O. The molecule has 1 aromatic heterocycles. The van der Waals surface area contributed by atoms with Gasteiger partial charge in [-0.05, 0) is 33.8 Å². The molecule has 0 N–H and O–H groups in total. The minimum Gasteiger partial charge on any atom is -0.299 e. The summed E-state index contributed by atoms with van der Waals surface area (Å²) in [7, 11) is -3.46. The van der Waals surface area contributed by atoms with Crippen molar-refractivity contribution in [2.24, 2.45) is 5.92 Å². The lowest BCUT2D eigenvalue weighted by atomic mass is 9.96. The second-order valence-corrected chi connectivity index (χ2v) is 8.14. The number of carbonyl (C=O) groups excluding carboxylic acids is 1. The molecule has 1 fully saturated rings. The summed E-state index contributed by atoms with van der Waals surface area (Å²) >= 11 is 4.45. The fourth-order valence-electron chi connectivity index (χ4n) is 2.03. The van der Waals surface area contributed by atoms with Gasteiger partial charge in [0.25, 0.3) is 10.0 Å². The third kappa shape index (κ3) is 2.54. The number of ketones is 1. The van der Waals surface area contributed by atoms with Crippen LogP contribution in [0, 0.1) is 5.92 Å². The highest BCUT2D eigenvalue weighted by molar-refractivity contribution is 9.10. The zero-order valence-corrected chi connectivity index (χ0v) is 13.1. The number of halogens is 1. The van der Waals surface area contributed by atoms with E-state index >= 15 is 0 Å². The minimum absolute atomic E-state index is 0.160. The molecule has 1 aliphatic heterocycles. The summed E-state index contributed by atoms with van der Waals surface area (Å²) in [6.07, 6.45) is 1.01. The Morgan fingerprint density at radius 1 is 1.56 bits per heavy atom. The molecule has 0 aliphatic carbocycles. The molecule has 2 heterocycles. The molecular weight excluding hydrogens is 338 g/mol. The first-order valence-electron chi connectivity index (χ1n) is 5.72. The number of nitrogens with zero attached hydrogens (tertiary/aromatic N) is 1. The molecule has 0 saturated carbocycles. The Morgan fingerprint density at radius 2 is 2.28 bits per heavy atom. The molecule has 0 radical (unpaired) electrons. The first kappa shape index (κ1) is 14.2. The first-order valence-corrected chi connectivity index (χ1v) is 8.84. The van der Waals surface area contributed by atoms with Gasteiger partial charge in [0.05, 0.1) is 0 Å². The van der Waals surface area contributed by atoms with Gasteiger partial charge in [0, 0.05) is 29.9 Å². The van der Waals surface area contributed by atoms with Crippen LogP contribution in [0.5, 0.6) is 0 Å². The van der Waals surface area contributed by atoms with Crippen LogP contribution in [0.2, 0.25) is 0 Å².